The van der Waals surface area contributed by atoms with Gasteiger partial charge < -0.3 is 10.1 Å². The van der Waals surface area contributed by atoms with Crippen molar-refractivity contribution >= 4 is 11.4 Å². The van der Waals surface area contributed by atoms with Gasteiger partial charge in [-0.15, -0.1) is 0 Å². The minimum atomic E-state index is -0.564. The van der Waals surface area contributed by atoms with Crippen molar-refractivity contribution < 1.29 is 14.1 Å². The van der Waals surface area contributed by atoms with Gasteiger partial charge in [0.05, 0.1) is 17.2 Å². The number of benzene rings is 1. The molecule has 0 saturated carbocycles. The van der Waals surface area contributed by atoms with Crippen LogP contribution in [0.3, 0.4) is 0 Å². The number of halogens is 1. The van der Waals surface area contributed by atoms with Gasteiger partial charge in [0.25, 0.3) is 5.69 Å². The molecule has 0 aliphatic carbocycles. The van der Waals surface area contributed by atoms with E-state index in [0.29, 0.717) is 6.61 Å². The van der Waals surface area contributed by atoms with Crippen molar-refractivity contribution in [3.8, 4) is 0 Å². The van der Waals surface area contributed by atoms with Gasteiger partial charge in [-0.05, 0) is 13.0 Å². The fourth-order valence-corrected chi connectivity index (χ4v) is 1.29. The first-order chi connectivity index (χ1) is 7.54. The minimum Gasteiger partial charge on any atom is -0.383 e. The Labute approximate surface area is 92.4 Å². The molecule has 0 fully saturated rings. The van der Waals surface area contributed by atoms with E-state index in [-0.39, 0.29) is 17.4 Å². The monoisotopic (exact) mass is 228 g/mol. The van der Waals surface area contributed by atoms with Crippen LogP contribution in [0.2, 0.25) is 0 Å². The fourth-order valence-electron chi connectivity index (χ4n) is 1.29. The quantitative estimate of drug-likeness (QED) is 0.619. The molecule has 6 heteroatoms. The second-order valence-electron chi connectivity index (χ2n) is 3.42. The first-order valence-corrected chi connectivity index (χ1v) is 4.74. The molecule has 1 atom stereocenters. The first-order valence-electron chi connectivity index (χ1n) is 4.74. The van der Waals surface area contributed by atoms with Crippen LogP contribution < -0.4 is 5.32 Å². The van der Waals surface area contributed by atoms with Gasteiger partial charge in [0.2, 0.25) is 0 Å². The summed E-state index contributed by atoms with van der Waals surface area (Å²) in [6, 6.07) is 3.24. The zero-order chi connectivity index (χ0) is 12.1. The highest BCUT2D eigenvalue weighted by molar-refractivity contribution is 5.52. The third-order valence-electron chi connectivity index (χ3n) is 1.98. The molecule has 1 aromatic rings. The van der Waals surface area contributed by atoms with Gasteiger partial charge in [0.1, 0.15) is 5.82 Å². The molecule has 1 rings (SSSR count). The molecule has 0 bridgehead atoms. The summed E-state index contributed by atoms with van der Waals surface area (Å²) in [5.74, 6) is -0.520. The van der Waals surface area contributed by atoms with Crippen molar-refractivity contribution in [2.45, 2.75) is 13.0 Å². The highest BCUT2D eigenvalue weighted by Crippen LogP contribution is 2.21. The molecule has 16 heavy (non-hydrogen) atoms. The van der Waals surface area contributed by atoms with E-state index in [1.807, 2.05) is 0 Å². The summed E-state index contributed by atoms with van der Waals surface area (Å²) in [5.41, 5.74) is -0.0349. The lowest BCUT2D eigenvalue weighted by atomic mass is 10.2. The highest BCUT2D eigenvalue weighted by Gasteiger charge is 2.12. The molecule has 1 aromatic carbocycles. The number of ether oxygens (including phenoxy) is 1. The van der Waals surface area contributed by atoms with E-state index in [0.717, 1.165) is 12.1 Å². The fraction of sp³-hybridized carbons (Fsp3) is 0.400. The van der Waals surface area contributed by atoms with Gasteiger partial charge in [0.15, 0.2) is 0 Å². The van der Waals surface area contributed by atoms with Gasteiger partial charge in [-0.1, -0.05) is 0 Å². The van der Waals surface area contributed by atoms with Crippen LogP contribution >= 0.6 is 0 Å². The van der Waals surface area contributed by atoms with Crippen LogP contribution in [0.5, 0.6) is 0 Å². The Kier molecular flexibility index (Phi) is 4.19. The van der Waals surface area contributed by atoms with Crippen LogP contribution in [0.25, 0.3) is 0 Å². The van der Waals surface area contributed by atoms with Crippen molar-refractivity contribution in [3.63, 3.8) is 0 Å². The smallest absolute Gasteiger partial charge is 0.271 e. The summed E-state index contributed by atoms with van der Waals surface area (Å²) >= 11 is 0. The molecule has 0 heterocycles. The van der Waals surface area contributed by atoms with Crippen LogP contribution in [0.1, 0.15) is 6.92 Å². The van der Waals surface area contributed by atoms with E-state index < -0.39 is 10.7 Å². The number of hydrogen-bond donors (Lipinski definition) is 1. The number of methoxy groups -OCH3 is 1. The molecule has 0 aromatic heterocycles. The van der Waals surface area contributed by atoms with Gasteiger partial charge in [-0.2, -0.15) is 0 Å². The summed E-state index contributed by atoms with van der Waals surface area (Å²) in [5, 5.41) is 13.3. The number of non-ortho nitro benzene ring substituents is 1. The lowest BCUT2D eigenvalue weighted by molar-refractivity contribution is -0.384. The molecule has 88 valence electrons. The molecule has 0 saturated heterocycles. The zero-order valence-electron chi connectivity index (χ0n) is 9.07. The molecule has 0 radical (unpaired) electrons. The van der Waals surface area contributed by atoms with Gasteiger partial charge in [-0.25, -0.2) is 4.39 Å². The van der Waals surface area contributed by atoms with E-state index >= 15 is 0 Å². The lowest BCUT2D eigenvalue weighted by Gasteiger charge is -2.14. The topological polar surface area (TPSA) is 64.4 Å². The minimum absolute atomic E-state index is 0.110. The summed E-state index contributed by atoms with van der Waals surface area (Å²) in [6.07, 6.45) is 0. The molecule has 0 amide bonds. The van der Waals surface area contributed by atoms with E-state index in [4.69, 9.17) is 4.74 Å². The summed E-state index contributed by atoms with van der Waals surface area (Å²) in [6.45, 7) is 2.18. The molecule has 0 spiro atoms. The van der Waals surface area contributed by atoms with Crippen molar-refractivity contribution in [1.29, 1.82) is 0 Å². The summed E-state index contributed by atoms with van der Waals surface area (Å²) < 4.78 is 18.2. The number of nitrogens with one attached hydrogen (secondary N) is 1. The largest absolute Gasteiger partial charge is 0.383 e. The van der Waals surface area contributed by atoms with Crippen LogP contribution in [-0.4, -0.2) is 24.7 Å². The highest BCUT2D eigenvalue weighted by atomic mass is 19.1. The standard InChI is InChI=1S/C10H13FN2O3/c1-7(6-16-2)12-10-5-8(13(14)15)3-4-9(10)11/h3-5,7,12H,6H2,1-2H3. The van der Waals surface area contributed by atoms with Crippen LogP contribution in [0, 0.1) is 15.9 Å². The molecular weight excluding hydrogens is 215 g/mol. The third kappa shape index (κ3) is 3.16. The second kappa shape index (κ2) is 5.41. The van der Waals surface area contributed by atoms with E-state index in [1.165, 1.54) is 13.2 Å². The molecular formula is C10H13FN2O3. The molecule has 0 aliphatic rings. The number of rotatable bonds is 5. The van der Waals surface area contributed by atoms with Gasteiger partial charge >= 0.3 is 0 Å². The maximum Gasteiger partial charge on any atom is 0.271 e. The van der Waals surface area contributed by atoms with E-state index in [2.05, 4.69) is 5.32 Å². The van der Waals surface area contributed by atoms with Crippen molar-refractivity contribution in [1.82, 2.24) is 0 Å². The van der Waals surface area contributed by atoms with E-state index in [1.54, 1.807) is 6.92 Å². The number of nitro groups is 1. The van der Waals surface area contributed by atoms with Crippen molar-refractivity contribution in [2.75, 3.05) is 19.0 Å². The number of nitro benzene ring substituents is 1. The third-order valence-corrected chi connectivity index (χ3v) is 1.98. The predicted octanol–water partition coefficient (Wildman–Crippen LogP) is 2.18. The first kappa shape index (κ1) is 12.4. The molecule has 0 aliphatic heterocycles. The Morgan fingerprint density at radius 1 is 1.62 bits per heavy atom. The average Bonchev–Trinajstić information content (AvgIpc) is 2.21. The SMILES string of the molecule is COCC(C)Nc1cc([N+](=O)[O-])ccc1F. The van der Waals surface area contributed by atoms with E-state index in [9.17, 15) is 14.5 Å². The Hall–Kier alpha value is -1.69. The second-order valence-corrected chi connectivity index (χ2v) is 3.42. The van der Waals surface area contributed by atoms with Gasteiger partial charge in [-0.3, -0.25) is 10.1 Å². The number of anilines is 1. The molecule has 1 N–H and O–H groups in total. The number of nitrogens with zero attached hydrogens (tertiary/aromatic N) is 1. The van der Waals surface area contributed by atoms with Crippen LogP contribution in [0.15, 0.2) is 18.2 Å². The maximum atomic E-state index is 13.3. The number of hydrogen-bond acceptors (Lipinski definition) is 4. The normalized spacial score (nSPS) is 12.2. The van der Waals surface area contributed by atoms with Crippen LogP contribution in [-0.2, 0) is 4.74 Å². The van der Waals surface area contributed by atoms with Crippen molar-refractivity contribution in [2.24, 2.45) is 0 Å². The van der Waals surface area contributed by atoms with Crippen molar-refractivity contribution in [3.05, 3.63) is 34.1 Å². The predicted molar refractivity (Wildman–Crippen MR) is 58.0 cm³/mol. The Balaban J connectivity index is 2.85. The summed E-state index contributed by atoms with van der Waals surface area (Å²) in [4.78, 5) is 9.94. The zero-order valence-corrected chi connectivity index (χ0v) is 9.07. The lowest BCUT2D eigenvalue weighted by Crippen LogP contribution is -2.21. The maximum absolute atomic E-state index is 13.3. The summed E-state index contributed by atoms with van der Waals surface area (Å²) in [7, 11) is 1.53. The van der Waals surface area contributed by atoms with Gasteiger partial charge in [0, 0.05) is 25.3 Å². The molecule has 1 unspecified atom stereocenters. The molecule has 5 nitrogen and oxygen atoms in total. The Morgan fingerprint density at radius 3 is 2.88 bits per heavy atom. The average molecular weight is 228 g/mol. The van der Waals surface area contributed by atoms with Crippen LogP contribution in [0.4, 0.5) is 15.8 Å². The Morgan fingerprint density at radius 2 is 2.31 bits per heavy atom. The Bertz CT molecular complexity index is 384.